The number of likely N-dealkylation sites (tertiary alicyclic amines) is 1. The Labute approximate surface area is 142 Å². The molecule has 3 heterocycles. The van der Waals surface area contributed by atoms with Crippen LogP contribution in [0.3, 0.4) is 0 Å². The highest BCUT2D eigenvalue weighted by atomic mass is 16.5. The lowest BCUT2D eigenvalue weighted by atomic mass is 10.1. The van der Waals surface area contributed by atoms with E-state index >= 15 is 0 Å². The third kappa shape index (κ3) is 4.19. The predicted molar refractivity (Wildman–Crippen MR) is 89.6 cm³/mol. The SMILES string of the molecule is COCc1ccc([C@@H]2CCCN2C(=O)NCCC2=CCOCC2)o1. The van der Waals surface area contributed by atoms with E-state index in [1.807, 2.05) is 17.0 Å². The Morgan fingerprint density at radius 3 is 3.17 bits per heavy atom. The van der Waals surface area contributed by atoms with Crippen molar-refractivity contribution < 1.29 is 18.7 Å². The molecule has 24 heavy (non-hydrogen) atoms. The average molecular weight is 334 g/mol. The Morgan fingerprint density at radius 2 is 2.38 bits per heavy atom. The summed E-state index contributed by atoms with van der Waals surface area (Å²) in [7, 11) is 1.64. The fourth-order valence-electron chi connectivity index (χ4n) is 3.32. The van der Waals surface area contributed by atoms with E-state index in [-0.39, 0.29) is 12.1 Å². The molecule has 3 rings (SSSR count). The second-order valence-corrected chi connectivity index (χ2v) is 6.26. The average Bonchev–Trinajstić information content (AvgIpc) is 3.25. The van der Waals surface area contributed by atoms with E-state index < -0.39 is 0 Å². The third-order valence-corrected chi connectivity index (χ3v) is 4.59. The summed E-state index contributed by atoms with van der Waals surface area (Å²) in [4.78, 5) is 14.4. The molecule has 2 amide bonds. The predicted octanol–water partition coefficient (Wildman–Crippen LogP) is 3.01. The summed E-state index contributed by atoms with van der Waals surface area (Å²) in [5, 5.41) is 3.04. The number of methoxy groups -OCH3 is 1. The van der Waals surface area contributed by atoms with E-state index in [9.17, 15) is 4.79 Å². The summed E-state index contributed by atoms with van der Waals surface area (Å²) in [6.45, 7) is 3.38. The van der Waals surface area contributed by atoms with E-state index in [1.165, 1.54) is 5.57 Å². The molecule has 0 bridgehead atoms. The number of hydrogen-bond donors (Lipinski definition) is 1. The van der Waals surface area contributed by atoms with Crippen LogP contribution in [0.2, 0.25) is 0 Å². The molecule has 1 atom stereocenters. The van der Waals surface area contributed by atoms with Crippen LogP contribution in [0.15, 0.2) is 28.2 Å². The van der Waals surface area contributed by atoms with Gasteiger partial charge in [0.15, 0.2) is 0 Å². The maximum atomic E-state index is 12.5. The second-order valence-electron chi connectivity index (χ2n) is 6.26. The Balaban J connectivity index is 1.52. The van der Waals surface area contributed by atoms with Crippen LogP contribution in [0.1, 0.15) is 43.2 Å². The molecule has 0 aliphatic carbocycles. The van der Waals surface area contributed by atoms with Gasteiger partial charge in [-0.25, -0.2) is 4.79 Å². The van der Waals surface area contributed by atoms with Crippen LogP contribution in [0.5, 0.6) is 0 Å². The highest BCUT2D eigenvalue weighted by Crippen LogP contribution is 2.33. The number of amides is 2. The van der Waals surface area contributed by atoms with Gasteiger partial charge >= 0.3 is 6.03 Å². The molecule has 6 heteroatoms. The summed E-state index contributed by atoms with van der Waals surface area (Å²) in [5.74, 6) is 1.65. The Bertz CT molecular complexity index is 581. The number of rotatable bonds is 6. The lowest BCUT2D eigenvalue weighted by molar-refractivity contribution is 0.153. The van der Waals surface area contributed by atoms with Crippen LogP contribution < -0.4 is 5.32 Å². The van der Waals surface area contributed by atoms with Crippen molar-refractivity contribution in [3.05, 3.63) is 35.3 Å². The van der Waals surface area contributed by atoms with Gasteiger partial charge in [0.05, 0.1) is 19.3 Å². The van der Waals surface area contributed by atoms with Crippen molar-refractivity contribution in [2.75, 3.05) is 33.4 Å². The monoisotopic (exact) mass is 334 g/mol. The minimum atomic E-state index is -0.00477. The molecule has 0 unspecified atom stereocenters. The molecule has 1 N–H and O–H groups in total. The zero-order chi connectivity index (χ0) is 16.8. The number of carbonyl (C=O) groups excluding carboxylic acids is 1. The standard InChI is InChI=1S/C18H26N2O4/c1-22-13-15-4-5-17(24-15)16-3-2-10-20(16)18(21)19-9-6-14-7-11-23-12-8-14/h4-5,7,16H,2-3,6,8-13H2,1H3,(H,19,21)/t16-/m0/s1. The maximum absolute atomic E-state index is 12.5. The molecule has 1 aromatic rings. The van der Waals surface area contributed by atoms with Crippen molar-refractivity contribution in [2.24, 2.45) is 0 Å². The van der Waals surface area contributed by atoms with Crippen molar-refractivity contribution in [2.45, 2.75) is 38.3 Å². The number of ether oxygens (including phenoxy) is 2. The van der Waals surface area contributed by atoms with Crippen molar-refractivity contribution in [1.29, 1.82) is 0 Å². The van der Waals surface area contributed by atoms with Crippen LogP contribution in [-0.4, -0.2) is 44.3 Å². The summed E-state index contributed by atoms with van der Waals surface area (Å²) >= 11 is 0. The van der Waals surface area contributed by atoms with E-state index in [0.29, 0.717) is 19.8 Å². The summed E-state index contributed by atoms with van der Waals surface area (Å²) in [5.41, 5.74) is 1.37. The van der Waals surface area contributed by atoms with Crippen molar-refractivity contribution in [1.82, 2.24) is 10.2 Å². The van der Waals surface area contributed by atoms with E-state index in [0.717, 1.165) is 50.4 Å². The Morgan fingerprint density at radius 1 is 1.46 bits per heavy atom. The van der Waals surface area contributed by atoms with Crippen LogP contribution >= 0.6 is 0 Å². The maximum Gasteiger partial charge on any atom is 0.318 e. The first-order chi connectivity index (χ1) is 11.8. The van der Waals surface area contributed by atoms with Crippen LogP contribution in [0, 0.1) is 0 Å². The fraction of sp³-hybridized carbons (Fsp3) is 0.611. The molecule has 1 saturated heterocycles. The molecule has 0 saturated carbocycles. The molecule has 1 aromatic heterocycles. The smallest absolute Gasteiger partial charge is 0.318 e. The molecule has 2 aliphatic rings. The molecule has 132 valence electrons. The molecule has 0 aromatic carbocycles. The first-order valence-corrected chi connectivity index (χ1v) is 8.65. The van der Waals surface area contributed by atoms with Gasteiger partial charge < -0.3 is 24.1 Å². The molecular weight excluding hydrogens is 308 g/mol. The lowest BCUT2D eigenvalue weighted by Gasteiger charge is -2.24. The van der Waals surface area contributed by atoms with Gasteiger partial charge in [0.1, 0.15) is 18.1 Å². The molecule has 6 nitrogen and oxygen atoms in total. The van der Waals surface area contributed by atoms with Gasteiger partial charge in [-0.1, -0.05) is 11.6 Å². The number of urea groups is 1. The summed E-state index contributed by atoms with van der Waals surface area (Å²) < 4.78 is 16.2. The van der Waals surface area contributed by atoms with E-state index in [1.54, 1.807) is 7.11 Å². The first-order valence-electron chi connectivity index (χ1n) is 8.65. The quantitative estimate of drug-likeness (QED) is 0.812. The zero-order valence-electron chi connectivity index (χ0n) is 14.3. The third-order valence-electron chi connectivity index (χ3n) is 4.59. The van der Waals surface area contributed by atoms with E-state index in [4.69, 9.17) is 13.9 Å². The van der Waals surface area contributed by atoms with Gasteiger partial charge in [0.2, 0.25) is 0 Å². The summed E-state index contributed by atoms with van der Waals surface area (Å²) in [6.07, 6.45) is 5.93. The van der Waals surface area contributed by atoms with Crippen LogP contribution in [0.25, 0.3) is 0 Å². The molecule has 0 spiro atoms. The highest BCUT2D eigenvalue weighted by Gasteiger charge is 2.32. The van der Waals surface area contributed by atoms with Gasteiger partial charge in [-0.2, -0.15) is 0 Å². The zero-order valence-corrected chi connectivity index (χ0v) is 14.3. The van der Waals surface area contributed by atoms with Gasteiger partial charge in [-0.15, -0.1) is 0 Å². The van der Waals surface area contributed by atoms with Crippen LogP contribution in [-0.2, 0) is 16.1 Å². The van der Waals surface area contributed by atoms with E-state index in [2.05, 4.69) is 11.4 Å². The van der Waals surface area contributed by atoms with Gasteiger partial charge in [-0.3, -0.25) is 0 Å². The van der Waals surface area contributed by atoms with Gasteiger partial charge in [0, 0.05) is 20.2 Å². The second kappa shape index (κ2) is 8.35. The minimum absolute atomic E-state index is 0.00477. The molecule has 1 fully saturated rings. The molecule has 2 aliphatic heterocycles. The number of nitrogens with zero attached hydrogens (tertiary/aromatic N) is 1. The van der Waals surface area contributed by atoms with Crippen molar-refractivity contribution in [3.63, 3.8) is 0 Å². The fourth-order valence-corrected chi connectivity index (χ4v) is 3.32. The van der Waals surface area contributed by atoms with Gasteiger partial charge in [-0.05, 0) is 37.8 Å². The number of hydrogen-bond acceptors (Lipinski definition) is 4. The Hall–Kier alpha value is -1.79. The van der Waals surface area contributed by atoms with Crippen molar-refractivity contribution >= 4 is 6.03 Å². The topological polar surface area (TPSA) is 63.9 Å². The molecule has 0 radical (unpaired) electrons. The highest BCUT2D eigenvalue weighted by molar-refractivity contribution is 5.75. The number of nitrogens with one attached hydrogen (secondary N) is 1. The van der Waals surface area contributed by atoms with Crippen molar-refractivity contribution in [3.8, 4) is 0 Å². The normalized spacial score (nSPS) is 21.0. The number of carbonyl (C=O) groups is 1. The summed E-state index contributed by atoms with van der Waals surface area (Å²) in [6, 6.07) is 3.90. The van der Waals surface area contributed by atoms with Crippen LogP contribution in [0.4, 0.5) is 4.79 Å². The lowest BCUT2D eigenvalue weighted by Crippen LogP contribution is -2.39. The number of furan rings is 1. The molecular formula is C18H26N2O4. The van der Waals surface area contributed by atoms with Gasteiger partial charge in [0.25, 0.3) is 0 Å². The largest absolute Gasteiger partial charge is 0.461 e. The Kier molecular flexibility index (Phi) is 5.93. The minimum Gasteiger partial charge on any atom is -0.461 e. The first kappa shape index (κ1) is 17.0.